The van der Waals surface area contributed by atoms with Crippen LogP contribution >= 0.6 is 11.8 Å². The van der Waals surface area contributed by atoms with Gasteiger partial charge in [-0.05, 0) is 39.2 Å². The Morgan fingerprint density at radius 1 is 1.44 bits per heavy atom. The van der Waals surface area contributed by atoms with Gasteiger partial charge in [0.05, 0.1) is 29.2 Å². The van der Waals surface area contributed by atoms with Crippen LogP contribution in [-0.4, -0.2) is 52.6 Å². The fraction of sp³-hybridized carbons (Fsp3) is 0.500. The summed E-state index contributed by atoms with van der Waals surface area (Å²) >= 11 is 1.11. The van der Waals surface area contributed by atoms with Gasteiger partial charge in [0.2, 0.25) is 11.8 Å². The van der Waals surface area contributed by atoms with Gasteiger partial charge in [-0.2, -0.15) is 5.26 Å². The number of thioether (sulfide) groups is 1. The molecule has 2 rings (SSSR count). The van der Waals surface area contributed by atoms with Crippen molar-refractivity contribution in [1.29, 1.82) is 5.26 Å². The first kappa shape index (κ1) is 20.7. The number of nitriles is 1. The molecule has 2 heterocycles. The molecule has 1 saturated heterocycles. The topological polar surface area (TPSA) is 126 Å². The molecule has 8 nitrogen and oxygen atoms in total. The molecule has 27 heavy (non-hydrogen) atoms. The van der Waals surface area contributed by atoms with E-state index in [2.05, 4.69) is 4.98 Å². The number of carbonyl (C=O) groups is 3. The maximum Gasteiger partial charge on any atom is 0.340 e. The van der Waals surface area contributed by atoms with Gasteiger partial charge in [-0.3, -0.25) is 9.59 Å². The third-order valence-electron chi connectivity index (χ3n) is 4.28. The Morgan fingerprint density at radius 3 is 2.81 bits per heavy atom. The Balaban J connectivity index is 2.14. The number of amides is 2. The Labute approximate surface area is 162 Å². The number of carbonyl (C=O) groups excluding carboxylic acids is 3. The Kier molecular flexibility index (Phi) is 7.19. The van der Waals surface area contributed by atoms with Gasteiger partial charge in [0.15, 0.2) is 0 Å². The number of ether oxygens (including phenoxy) is 1. The highest BCUT2D eigenvalue weighted by Crippen LogP contribution is 2.25. The molecule has 1 atom stereocenters. The quantitative estimate of drug-likeness (QED) is 0.574. The molecular formula is C18H22N4O4S. The van der Waals surface area contributed by atoms with E-state index in [1.807, 2.05) is 6.07 Å². The minimum atomic E-state index is -0.580. The molecular weight excluding hydrogens is 368 g/mol. The number of likely N-dealkylation sites (tertiary alicyclic amines) is 1. The van der Waals surface area contributed by atoms with Gasteiger partial charge in [-0.1, -0.05) is 11.8 Å². The number of pyridine rings is 1. The average Bonchev–Trinajstić information content (AvgIpc) is 2.66. The van der Waals surface area contributed by atoms with Crippen molar-refractivity contribution in [2.24, 2.45) is 5.73 Å². The summed E-state index contributed by atoms with van der Waals surface area (Å²) < 4.78 is 4.96. The average molecular weight is 390 g/mol. The molecule has 0 spiro atoms. The summed E-state index contributed by atoms with van der Waals surface area (Å²) in [6, 6.07) is 2.85. The third-order valence-corrected chi connectivity index (χ3v) is 5.25. The van der Waals surface area contributed by atoms with E-state index in [9.17, 15) is 19.6 Å². The van der Waals surface area contributed by atoms with Crippen molar-refractivity contribution < 1.29 is 19.1 Å². The number of nitrogens with zero attached hydrogens (tertiary/aromatic N) is 3. The van der Waals surface area contributed by atoms with Crippen LogP contribution in [0.15, 0.2) is 11.1 Å². The number of aromatic nitrogens is 1. The van der Waals surface area contributed by atoms with Gasteiger partial charge in [0.1, 0.15) is 17.1 Å². The minimum Gasteiger partial charge on any atom is -0.462 e. The number of piperidine rings is 1. The number of hydrogen-bond donors (Lipinski definition) is 1. The smallest absolute Gasteiger partial charge is 0.340 e. The normalized spacial score (nSPS) is 16.5. The second-order valence-electron chi connectivity index (χ2n) is 6.10. The molecule has 2 amide bonds. The molecule has 9 heteroatoms. The van der Waals surface area contributed by atoms with Crippen LogP contribution in [-0.2, 0) is 14.3 Å². The largest absolute Gasteiger partial charge is 0.462 e. The van der Waals surface area contributed by atoms with Crippen molar-refractivity contribution in [3.8, 4) is 6.07 Å². The van der Waals surface area contributed by atoms with E-state index >= 15 is 0 Å². The summed E-state index contributed by atoms with van der Waals surface area (Å²) in [6.45, 7) is 4.06. The molecule has 0 aliphatic carbocycles. The molecule has 1 fully saturated rings. The van der Waals surface area contributed by atoms with Crippen LogP contribution in [0.5, 0.6) is 0 Å². The van der Waals surface area contributed by atoms with Crippen molar-refractivity contribution in [3.63, 3.8) is 0 Å². The molecule has 0 aromatic carbocycles. The first-order valence-corrected chi connectivity index (χ1v) is 9.68. The Morgan fingerprint density at radius 2 is 2.19 bits per heavy atom. The summed E-state index contributed by atoms with van der Waals surface area (Å²) in [7, 11) is 0. The van der Waals surface area contributed by atoms with E-state index in [1.54, 1.807) is 13.8 Å². The van der Waals surface area contributed by atoms with Crippen LogP contribution in [0, 0.1) is 18.3 Å². The molecule has 1 aliphatic rings. The van der Waals surface area contributed by atoms with Crippen molar-refractivity contribution in [2.45, 2.75) is 44.2 Å². The number of hydrogen-bond acceptors (Lipinski definition) is 7. The lowest BCUT2D eigenvalue weighted by atomic mass is 10.0. The van der Waals surface area contributed by atoms with E-state index in [0.717, 1.165) is 24.6 Å². The van der Waals surface area contributed by atoms with Crippen LogP contribution in [0.4, 0.5) is 0 Å². The molecule has 2 N–H and O–H groups in total. The predicted molar refractivity (Wildman–Crippen MR) is 98.9 cm³/mol. The maximum atomic E-state index is 12.5. The van der Waals surface area contributed by atoms with Gasteiger partial charge in [-0.25, -0.2) is 9.78 Å². The van der Waals surface area contributed by atoms with Gasteiger partial charge >= 0.3 is 5.97 Å². The van der Waals surface area contributed by atoms with E-state index < -0.39 is 17.9 Å². The lowest BCUT2D eigenvalue weighted by Gasteiger charge is -2.33. The molecule has 0 saturated carbocycles. The minimum absolute atomic E-state index is 0.0314. The fourth-order valence-corrected chi connectivity index (χ4v) is 3.82. The van der Waals surface area contributed by atoms with Crippen molar-refractivity contribution in [3.05, 3.63) is 22.9 Å². The molecule has 0 unspecified atom stereocenters. The number of primary amides is 1. The van der Waals surface area contributed by atoms with Crippen LogP contribution < -0.4 is 5.73 Å². The van der Waals surface area contributed by atoms with Crippen LogP contribution in [0.2, 0.25) is 0 Å². The number of esters is 1. The second kappa shape index (κ2) is 9.37. The van der Waals surface area contributed by atoms with Gasteiger partial charge in [-0.15, -0.1) is 0 Å². The lowest BCUT2D eigenvalue weighted by Crippen LogP contribution is -2.51. The molecule has 1 aromatic rings. The van der Waals surface area contributed by atoms with Crippen LogP contribution in [0.1, 0.15) is 47.8 Å². The predicted octanol–water partition coefficient (Wildman–Crippen LogP) is 1.40. The van der Waals surface area contributed by atoms with Crippen molar-refractivity contribution in [1.82, 2.24) is 9.88 Å². The van der Waals surface area contributed by atoms with Crippen LogP contribution in [0.25, 0.3) is 0 Å². The Hall–Kier alpha value is -2.60. The third kappa shape index (κ3) is 4.98. The summed E-state index contributed by atoms with van der Waals surface area (Å²) in [6.07, 6.45) is 2.26. The van der Waals surface area contributed by atoms with E-state index in [4.69, 9.17) is 10.5 Å². The Bertz CT molecular complexity index is 790. The maximum absolute atomic E-state index is 12.5. The number of aryl methyl sites for hydroxylation is 1. The zero-order valence-corrected chi connectivity index (χ0v) is 16.2. The zero-order valence-electron chi connectivity index (χ0n) is 15.4. The SMILES string of the molecule is CCOC(=O)c1cc(C#N)c(SCC(=O)N2CCCC[C@@H]2C(N)=O)nc1C. The van der Waals surface area contributed by atoms with E-state index in [-0.39, 0.29) is 29.4 Å². The summed E-state index contributed by atoms with van der Waals surface area (Å²) in [5.41, 5.74) is 6.26. The standard InChI is InChI=1S/C18H22N4O4S/c1-3-26-18(25)13-8-12(9-19)17(21-11(13)2)27-10-15(23)22-7-5-4-6-14(22)16(20)24/h8,14H,3-7,10H2,1-2H3,(H2,20,24)/t14-/m1/s1. The van der Waals surface area contributed by atoms with Crippen molar-refractivity contribution >= 4 is 29.5 Å². The summed E-state index contributed by atoms with van der Waals surface area (Å²) in [5, 5.41) is 9.73. The highest BCUT2D eigenvalue weighted by atomic mass is 32.2. The second-order valence-corrected chi connectivity index (χ2v) is 7.06. The van der Waals surface area contributed by atoms with Crippen LogP contribution in [0.3, 0.4) is 0 Å². The zero-order chi connectivity index (χ0) is 20.0. The summed E-state index contributed by atoms with van der Waals surface area (Å²) in [5.74, 6) is -1.23. The lowest BCUT2D eigenvalue weighted by molar-refractivity contribution is -0.138. The molecule has 1 aromatic heterocycles. The van der Waals surface area contributed by atoms with E-state index in [0.29, 0.717) is 23.7 Å². The highest BCUT2D eigenvalue weighted by Gasteiger charge is 2.30. The fourth-order valence-electron chi connectivity index (χ4n) is 2.93. The monoisotopic (exact) mass is 390 g/mol. The van der Waals surface area contributed by atoms with Crippen molar-refractivity contribution in [2.75, 3.05) is 18.9 Å². The van der Waals surface area contributed by atoms with Gasteiger partial charge < -0.3 is 15.4 Å². The molecule has 1 aliphatic heterocycles. The number of rotatable bonds is 6. The number of nitrogens with two attached hydrogens (primary N) is 1. The van der Waals surface area contributed by atoms with Gasteiger partial charge in [0.25, 0.3) is 0 Å². The molecule has 0 radical (unpaired) electrons. The highest BCUT2D eigenvalue weighted by molar-refractivity contribution is 8.00. The molecule has 144 valence electrons. The summed E-state index contributed by atoms with van der Waals surface area (Å²) in [4.78, 5) is 41.8. The van der Waals surface area contributed by atoms with E-state index in [1.165, 1.54) is 11.0 Å². The van der Waals surface area contributed by atoms with Gasteiger partial charge in [0, 0.05) is 6.54 Å². The molecule has 0 bridgehead atoms. The first-order chi connectivity index (χ1) is 12.9. The first-order valence-electron chi connectivity index (χ1n) is 8.69.